The molecule has 1 saturated carbocycles. The van der Waals surface area contributed by atoms with Crippen molar-refractivity contribution in [1.29, 1.82) is 0 Å². The highest BCUT2D eigenvalue weighted by molar-refractivity contribution is 5.22. The fourth-order valence-corrected chi connectivity index (χ4v) is 3.04. The molecule has 2 aliphatic rings. The van der Waals surface area contributed by atoms with Crippen LogP contribution >= 0.6 is 0 Å². The molecule has 3 heteroatoms. The molecular weight excluding hydrogens is 198 g/mol. The van der Waals surface area contributed by atoms with E-state index in [2.05, 4.69) is 15.3 Å². The summed E-state index contributed by atoms with van der Waals surface area (Å²) in [6.45, 7) is 1.14. The molecule has 86 valence electrons. The van der Waals surface area contributed by atoms with Crippen LogP contribution in [0.1, 0.15) is 44.1 Å². The Bertz CT molecular complexity index is 337. The monoisotopic (exact) mass is 217 g/mol. The lowest BCUT2D eigenvalue weighted by atomic mass is 9.82. The van der Waals surface area contributed by atoms with Crippen molar-refractivity contribution in [2.75, 3.05) is 6.54 Å². The lowest BCUT2D eigenvalue weighted by Gasteiger charge is -2.34. The third-order valence-corrected chi connectivity index (χ3v) is 4.04. The second-order valence-electron chi connectivity index (χ2n) is 5.11. The van der Waals surface area contributed by atoms with Crippen LogP contribution in [0.4, 0.5) is 0 Å². The fourth-order valence-electron chi connectivity index (χ4n) is 3.04. The van der Waals surface area contributed by atoms with E-state index in [4.69, 9.17) is 0 Å². The first-order valence-corrected chi connectivity index (χ1v) is 6.42. The molecule has 1 aromatic heterocycles. The van der Waals surface area contributed by atoms with Gasteiger partial charge in [0, 0.05) is 23.5 Å². The molecule has 1 aliphatic heterocycles. The van der Waals surface area contributed by atoms with Crippen molar-refractivity contribution >= 4 is 0 Å². The zero-order valence-corrected chi connectivity index (χ0v) is 9.65. The van der Waals surface area contributed by atoms with Crippen LogP contribution < -0.4 is 5.32 Å². The summed E-state index contributed by atoms with van der Waals surface area (Å²) >= 11 is 0. The predicted molar refractivity (Wildman–Crippen MR) is 62.9 cm³/mol. The SMILES string of the molecule is c1ncc(C2(C3CC3)CCCCCN2)cn1. The van der Waals surface area contributed by atoms with Crippen LogP contribution in [0.2, 0.25) is 0 Å². The lowest BCUT2D eigenvalue weighted by molar-refractivity contribution is 0.277. The highest BCUT2D eigenvalue weighted by Crippen LogP contribution is 2.48. The maximum absolute atomic E-state index is 4.19. The van der Waals surface area contributed by atoms with Crippen LogP contribution in [0.5, 0.6) is 0 Å². The normalized spacial score (nSPS) is 31.0. The van der Waals surface area contributed by atoms with E-state index >= 15 is 0 Å². The van der Waals surface area contributed by atoms with E-state index < -0.39 is 0 Å². The quantitative estimate of drug-likeness (QED) is 0.825. The summed E-state index contributed by atoms with van der Waals surface area (Å²) in [5.74, 6) is 0.816. The molecule has 0 amide bonds. The highest BCUT2D eigenvalue weighted by atomic mass is 15.0. The Hall–Kier alpha value is -0.960. The maximum Gasteiger partial charge on any atom is 0.115 e. The van der Waals surface area contributed by atoms with Crippen molar-refractivity contribution in [3.05, 3.63) is 24.3 Å². The number of nitrogens with one attached hydrogen (secondary N) is 1. The van der Waals surface area contributed by atoms with Gasteiger partial charge in [0.25, 0.3) is 0 Å². The van der Waals surface area contributed by atoms with Crippen molar-refractivity contribution in [3.63, 3.8) is 0 Å². The second-order valence-corrected chi connectivity index (χ2v) is 5.11. The second kappa shape index (κ2) is 4.13. The molecule has 1 aliphatic carbocycles. The molecule has 2 fully saturated rings. The van der Waals surface area contributed by atoms with Crippen LogP contribution in [0.25, 0.3) is 0 Å². The molecule has 0 spiro atoms. The molecule has 1 N–H and O–H groups in total. The summed E-state index contributed by atoms with van der Waals surface area (Å²) in [6.07, 6.45) is 13.6. The molecule has 16 heavy (non-hydrogen) atoms. The number of hydrogen-bond acceptors (Lipinski definition) is 3. The molecular formula is C13H19N3. The summed E-state index contributed by atoms with van der Waals surface area (Å²) < 4.78 is 0. The number of rotatable bonds is 2. The zero-order chi connectivity index (χ0) is 10.8. The third-order valence-electron chi connectivity index (χ3n) is 4.04. The van der Waals surface area contributed by atoms with Gasteiger partial charge >= 0.3 is 0 Å². The fraction of sp³-hybridized carbons (Fsp3) is 0.692. The molecule has 0 bridgehead atoms. The molecule has 1 unspecified atom stereocenters. The standard InChI is InChI=1S/C13H19N3/c1-2-6-13(11-4-5-11,16-7-3-1)12-8-14-10-15-9-12/h8-11,16H,1-7H2. The smallest absolute Gasteiger partial charge is 0.115 e. The Labute approximate surface area is 96.7 Å². The van der Waals surface area contributed by atoms with E-state index in [1.165, 1.54) is 44.1 Å². The number of aromatic nitrogens is 2. The van der Waals surface area contributed by atoms with Gasteiger partial charge in [-0.05, 0) is 38.1 Å². The van der Waals surface area contributed by atoms with E-state index in [0.717, 1.165) is 12.5 Å². The van der Waals surface area contributed by atoms with Gasteiger partial charge in [0.1, 0.15) is 6.33 Å². The summed E-state index contributed by atoms with van der Waals surface area (Å²) in [7, 11) is 0. The van der Waals surface area contributed by atoms with Crippen molar-refractivity contribution < 1.29 is 0 Å². The lowest BCUT2D eigenvalue weighted by Crippen LogP contribution is -2.44. The predicted octanol–water partition coefficient (Wildman–Crippen LogP) is 2.25. The molecule has 3 nitrogen and oxygen atoms in total. The van der Waals surface area contributed by atoms with E-state index in [9.17, 15) is 0 Å². The molecule has 0 radical (unpaired) electrons. The van der Waals surface area contributed by atoms with Gasteiger partial charge in [-0.1, -0.05) is 12.8 Å². The third kappa shape index (κ3) is 1.73. The minimum Gasteiger partial charge on any atom is -0.307 e. The molecule has 1 aromatic rings. The van der Waals surface area contributed by atoms with Gasteiger partial charge in [-0.25, -0.2) is 9.97 Å². The molecule has 3 rings (SSSR count). The average molecular weight is 217 g/mol. The summed E-state index contributed by atoms with van der Waals surface area (Å²) in [6, 6.07) is 0. The minimum absolute atomic E-state index is 0.192. The first-order chi connectivity index (χ1) is 7.92. The van der Waals surface area contributed by atoms with Crippen LogP contribution in [0.3, 0.4) is 0 Å². The largest absolute Gasteiger partial charge is 0.307 e. The van der Waals surface area contributed by atoms with Crippen LogP contribution in [0, 0.1) is 5.92 Å². The van der Waals surface area contributed by atoms with Gasteiger partial charge in [-0.2, -0.15) is 0 Å². The minimum atomic E-state index is 0.192. The Morgan fingerprint density at radius 2 is 1.94 bits per heavy atom. The summed E-state index contributed by atoms with van der Waals surface area (Å²) in [5, 5.41) is 3.79. The Morgan fingerprint density at radius 1 is 1.12 bits per heavy atom. The van der Waals surface area contributed by atoms with Crippen molar-refractivity contribution in [1.82, 2.24) is 15.3 Å². The number of nitrogens with zero attached hydrogens (tertiary/aromatic N) is 2. The highest BCUT2D eigenvalue weighted by Gasteiger charge is 2.46. The molecule has 1 saturated heterocycles. The first kappa shape index (κ1) is 10.2. The Morgan fingerprint density at radius 3 is 2.69 bits per heavy atom. The van der Waals surface area contributed by atoms with Gasteiger partial charge in [-0.15, -0.1) is 0 Å². The van der Waals surface area contributed by atoms with E-state index in [0.29, 0.717) is 0 Å². The van der Waals surface area contributed by atoms with Gasteiger partial charge in [0.2, 0.25) is 0 Å². The van der Waals surface area contributed by atoms with Crippen molar-refractivity contribution in [2.45, 2.75) is 44.1 Å². The van der Waals surface area contributed by atoms with E-state index in [1.54, 1.807) is 6.33 Å². The molecule has 1 atom stereocenters. The Balaban J connectivity index is 1.95. The first-order valence-electron chi connectivity index (χ1n) is 6.42. The van der Waals surface area contributed by atoms with Crippen LogP contribution in [0.15, 0.2) is 18.7 Å². The van der Waals surface area contributed by atoms with E-state index in [1.807, 2.05) is 12.4 Å². The van der Waals surface area contributed by atoms with E-state index in [-0.39, 0.29) is 5.54 Å². The van der Waals surface area contributed by atoms with Gasteiger partial charge in [-0.3, -0.25) is 0 Å². The van der Waals surface area contributed by atoms with Gasteiger partial charge in [0.15, 0.2) is 0 Å². The molecule has 0 aromatic carbocycles. The van der Waals surface area contributed by atoms with Crippen molar-refractivity contribution in [2.24, 2.45) is 5.92 Å². The maximum atomic E-state index is 4.19. The summed E-state index contributed by atoms with van der Waals surface area (Å²) in [5.41, 5.74) is 1.50. The topological polar surface area (TPSA) is 37.8 Å². The number of hydrogen-bond donors (Lipinski definition) is 1. The summed E-state index contributed by atoms with van der Waals surface area (Å²) in [4.78, 5) is 8.39. The average Bonchev–Trinajstić information content (AvgIpc) is 3.17. The van der Waals surface area contributed by atoms with Gasteiger partial charge < -0.3 is 5.32 Å². The zero-order valence-electron chi connectivity index (χ0n) is 9.65. The molecule has 2 heterocycles. The van der Waals surface area contributed by atoms with Crippen LogP contribution in [-0.4, -0.2) is 16.5 Å². The van der Waals surface area contributed by atoms with Crippen molar-refractivity contribution in [3.8, 4) is 0 Å². The van der Waals surface area contributed by atoms with Crippen LogP contribution in [-0.2, 0) is 5.54 Å². The van der Waals surface area contributed by atoms with Gasteiger partial charge in [0.05, 0.1) is 0 Å². The Kier molecular flexibility index (Phi) is 2.64.